The van der Waals surface area contributed by atoms with E-state index in [4.69, 9.17) is 18.9 Å². The van der Waals surface area contributed by atoms with Gasteiger partial charge in [-0.1, -0.05) is 57.6 Å². The second-order valence-corrected chi connectivity index (χ2v) is 7.11. The second-order valence-electron chi connectivity index (χ2n) is 7.11. The van der Waals surface area contributed by atoms with E-state index in [1.807, 2.05) is 0 Å². The van der Waals surface area contributed by atoms with Gasteiger partial charge in [-0.3, -0.25) is 0 Å². The Kier molecular flexibility index (Phi) is 11.0. The molecule has 0 unspecified atom stereocenters. The summed E-state index contributed by atoms with van der Waals surface area (Å²) < 4.78 is 21.1. The molecule has 0 aromatic heterocycles. The van der Waals surface area contributed by atoms with E-state index in [2.05, 4.69) is 6.92 Å². The maximum absolute atomic E-state index is 12.1. The van der Waals surface area contributed by atoms with E-state index >= 15 is 0 Å². The fourth-order valence-electron chi connectivity index (χ4n) is 2.99. The van der Waals surface area contributed by atoms with Gasteiger partial charge in [-0.05, 0) is 49.7 Å². The molecule has 0 fully saturated rings. The first-order valence-electron chi connectivity index (χ1n) is 11.0. The molecule has 0 heterocycles. The Bertz CT molecular complexity index is 800. The Morgan fingerprint density at radius 1 is 0.742 bits per heavy atom. The average Bonchev–Trinajstić information content (AvgIpc) is 2.77. The number of carbonyl (C=O) groups excluding carboxylic acids is 2. The first-order chi connectivity index (χ1) is 15.1. The van der Waals surface area contributed by atoms with Gasteiger partial charge >= 0.3 is 12.1 Å². The predicted octanol–water partition coefficient (Wildman–Crippen LogP) is 6.57. The average molecular weight is 429 g/mol. The van der Waals surface area contributed by atoms with Crippen LogP contribution < -0.4 is 14.2 Å². The topological polar surface area (TPSA) is 71.1 Å². The number of rotatable bonds is 13. The summed E-state index contributed by atoms with van der Waals surface area (Å²) >= 11 is 0. The van der Waals surface area contributed by atoms with Crippen LogP contribution >= 0.6 is 0 Å². The number of benzene rings is 2. The van der Waals surface area contributed by atoms with E-state index in [0.29, 0.717) is 12.4 Å². The molecule has 2 rings (SSSR count). The standard InChI is InChI=1S/C25H32O6/c1-3-5-6-7-8-9-12-19-29-20-15-17-21(18-16-20)30-25(27)31-23-14-11-10-13-22(23)24(26)28-4-2/h10-11,13-18H,3-9,12,19H2,1-2H3. The summed E-state index contributed by atoms with van der Waals surface area (Å²) in [6.07, 6.45) is 7.69. The maximum Gasteiger partial charge on any atom is 0.519 e. The lowest BCUT2D eigenvalue weighted by Crippen LogP contribution is -2.16. The minimum absolute atomic E-state index is 0.0839. The van der Waals surface area contributed by atoms with Gasteiger partial charge in [0.2, 0.25) is 0 Å². The molecule has 2 aromatic rings. The van der Waals surface area contributed by atoms with Crippen LogP contribution in [0.3, 0.4) is 0 Å². The fraction of sp³-hybridized carbons (Fsp3) is 0.440. The molecule has 0 aliphatic rings. The normalized spacial score (nSPS) is 10.4. The summed E-state index contributed by atoms with van der Waals surface area (Å²) in [6.45, 7) is 4.82. The highest BCUT2D eigenvalue weighted by molar-refractivity contribution is 5.93. The highest BCUT2D eigenvalue weighted by atomic mass is 16.7. The van der Waals surface area contributed by atoms with Crippen LogP contribution in [-0.4, -0.2) is 25.3 Å². The lowest BCUT2D eigenvalue weighted by atomic mass is 10.1. The maximum atomic E-state index is 12.1. The summed E-state index contributed by atoms with van der Waals surface area (Å²) in [5, 5.41) is 0. The molecular weight excluding hydrogens is 396 g/mol. The largest absolute Gasteiger partial charge is 0.519 e. The molecular formula is C25H32O6. The van der Waals surface area contributed by atoms with E-state index in [-0.39, 0.29) is 17.9 Å². The number of unbranched alkanes of at least 4 members (excludes halogenated alkanes) is 6. The highest BCUT2D eigenvalue weighted by Gasteiger charge is 2.17. The lowest BCUT2D eigenvalue weighted by molar-refractivity contribution is 0.0522. The molecule has 0 bridgehead atoms. The van der Waals surface area contributed by atoms with Crippen molar-refractivity contribution in [1.82, 2.24) is 0 Å². The van der Waals surface area contributed by atoms with Crippen molar-refractivity contribution in [2.24, 2.45) is 0 Å². The van der Waals surface area contributed by atoms with Gasteiger partial charge in [0.25, 0.3) is 0 Å². The van der Waals surface area contributed by atoms with Crippen molar-refractivity contribution in [1.29, 1.82) is 0 Å². The molecule has 0 spiro atoms. The van der Waals surface area contributed by atoms with Crippen LogP contribution in [-0.2, 0) is 4.74 Å². The zero-order chi connectivity index (χ0) is 22.3. The summed E-state index contributed by atoms with van der Waals surface area (Å²) in [7, 11) is 0. The van der Waals surface area contributed by atoms with Gasteiger partial charge in [-0.15, -0.1) is 0 Å². The summed E-state index contributed by atoms with van der Waals surface area (Å²) in [4.78, 5) is 24.1. The SMILES string of the molecule is CCCCCCCCCOc1ccc(OC(=O)Oc2ccccc2C(=O)OCC)cc1. The van der Waals surface area contributed by atoms with Gasteiger partial charge in [0.1, 0.15) is 22.8 Å². The van der Waals surface area contributed by atoms with Crippen LogP contribution in [0, 0.1) is 0 Å². The van der Waals surface area contributed by atoms with Crippen molar-refractivity contribution < 1.29 is 28.5 Å². The van der Waals surface area contributed by atoms with Crippen LogP contribution in [0.5, 0.6) is 17.2 Å². The van der Waals surface area contributed by atoms with Crippen molar-refractivity contribution in [2.75, 3.05) is 13.2 Å². The third kappa shape index (κ3) is 9.11. The number of para-hydroxylation sites is 1. The van der Waals surface area contributed by atoms with E-state index in [0.717, 1.165) is 12.2 Å². The number of ether oxygens (including phenoxy) is 4. The van der Waals surface area contributed by atoms with Crippen molar-refractivity contribution in [3.63, 3.8) is 0 Å². The molecule has 0 aliphatic heterocycles. The Hall–Kier alpha value is -3.02. The van der Waals surface area contributed by atoms with Crippen LogP contribution in [0.2, 0.25) is 0 Å². The highest BCUT2D eigenvalue weighted by Crippen LogP contribution is 2.22. The van der Waals surface area contributed by atoms with Gasteiger partial charge in [0.05, 0.1) is 13.2 Å². The van der Waals surface area contributed by atoms with Crippen LogP contribution in [0.4, 0.5) is 4.79 Å². The van der Waals surface area contributed by atoms with Crippen molar-refractivity contribution in [3.05, 3.63) is 54.1 Å². The molecule has 0 atom stereocenters. The Labute approximate surface area is 184 Å². The van der Waals surface area contributed by atoms with E-state index < -0.39 is 12.1 Å². The molecule has 0 amide bonds. The number of carbonyl (C=O) groups is 2. The van der Waals surface area contributed by atoms with Crippen LogP contribution in [0.25, 0.3) is 0 Å². The minimum Gasteiger partial charge on any atom is -0.494 e. The zero-order valence-corrected chi connectivity index (χ0v) is 18.4. The molecule has 0 saturated heterocycles. The lowest BCUT2D eigenvalue weighted by Gasteiger charge is -2.10. The van der Waals surface area contributed by atoms with Gasteiger partial charge in [0, 0.05) is 0 Å². The van der Waals surface area contributed by atoms with Crippen molar-refractivity contribution >= 4 is 12.1 Å². The number of esters is 1. The number of hydrogen-bond acceptors (Lipinski definition) is 6. The van der Waals surface area contributed by atoms with Crippen molar-refractivity contribution in [3.8, 4) is 17.2 Å². The Balaban J connectivity index is 1.75. The fourth-order valence-corrected chi connectivity index (χ4v) is 2.99. The summed E-state index contributed by atoms with van der Waals surface area (Å²) in [5.74, 6) is 0.565. The van der Waals surface area contributed by atoms with Gasteiger partial charge in [-0.2, -0.15) is 0 Å². The molecule has 6 heteroatoms. The van der Waals surface area contributed by atoms with E-state index in [1.165, 1.54) is 50.7 Å². The predicted molar refractivity (Wildman–Crippen MR) is 119 cm³/mol. The monoisotopic (exact) mass is 428 g/mol. The Morgan fingerprint density at radius 3 is 2.10 bits per heavy atom. The molecule has 0 N–H and O–H groups in total. The molecule has 0 radical (unpaired) electrons. The van der Waals surface area contributed by atoms with Gasteiger partial charge < -0.3 is 18.9 Å². The van der Waals surface area contributed by atoms with Crippen molar-refractivity contribution in [2.45, 2.75) is 58.8 Å². The summed E-state index contributed by atoms with van der Waals surface area (Å²) in [5.41, 5.74) is 0.162. The smallest absolute Gasteiger partial charge is 0.494 e. The molecule has 168 valence electrons. The quantitative estimate of drug-likeness (QED) is 0.204. The third-order valence-electron chi connectivity index (χ3n) is 4.62. The molecule has 0 aliphatic carbocycles. The number of hydrogen-bond donors (Lipinski definition) is 0. The minimum atomic E-state index is -0.937. The molecule has 31 heavy (non-hydrogen) atoms. The first kappa shape index (κ1) is 24.3. The Morgan fingerprint density at radius 2 is 1.39 bits per heavy atom. The first-order valence-corrected chi connectivity index (χ1v) is 11.0. The second kappa shape index (κ2) is 14.1. The molecule has 0 saturated carbocycles. The summed E-state index contributed by atoms with van der Waals surface area (Å²) in [6, 6.07) is 13.1. The molecule has 6 nitrogen and oxygen atoms in total. The van der Waals surface area contributed by atoms with E-state index in [9.17, 15) is 9.59 Å². The van der Waals surface area contributed by atoms with E-state index in [1.54, 1.807) is 43.3 Å². The van der Waals surface area contributed by atoms with Gasteiger partial charge in [-0.25, -0.2) is 9.59 Å². The van der Waals surface area contributed by atoms with Crippen LogP contribution in [0.15, 0.2) is 48.5 Å². The molecule has 2 aromatic carbocycles. The van der Waals surface area contributed by atoms with Crippen LogP contribution in [0.1, 0.15) is 69.2 Å². The van der Waals surface area contributed by atoms with Gasteiger partial charge in [0.15, 0.2) is 0 Å². The zero-order valence-electron chi connectivity index (χ0n) is 18.4. The third-order valence-corrected chi connectivity index (χ3v) is 4.62.